The summed E-state index contributed by atoms with van der Waals surface area (Å²) in [5.74, 6) is -0.894. The maximum absolute atomic E-state index is 11.8. The first-order valence-electron chi connectivity index (χ1n) is 5.36. The first-order chi connectivity index (χ1) is 7.71. The number of ether oxygens (including phenoxy) is 1. The van der Waals surface area contributed by atoms with Crippen molar-refractivity contribution in [3.05, 3.63) is 0 Å². The smallest absolute Gasteiger partial charge is 0.303 e. The van der Waals surface area contributed by atoms with Crippen molar-refractivity contribution in [2.75, 3.05) is 6.54 Å². The van der Waals surface area contributed by atoms with Crippen molar-refractivity contribution >= 4 is 33.7 Å². The molecule has 17 heavy (non-hydrogen) atoms. The number of amides is 2. The van der Waals surface area contributed by atoms with Gasteiger partial charge in [-0.15, -0.1) is 0 Å². The number of nitrogens with zero attached hydrogens (tertiary/aromatic N) is 1. The Morgan fingerprint density at radius 2 is 1.88 bits per heavy atom. The Kier molecular flexibility index (Phi) is 4.30. The van der Waals surface area contributed by atoms with Gasteiger partial charge in [0.2, 0.25) is 11.8 Å². The Morgan fingerprint density at radius 1 is 1.41 bits per heavy atom. The van der Waals surface area contributed by atoms with Gasteiger partial charge in [-0.25, -0.2) is 0 Å². The molecule has 0 radical (unpaired) electrons. The highest BCUT2D eigenvalue weighted by molar-refractivity contribution is 9.09. The van der Waals surface area contributed by atoms with Crippen LogP contribution in [0.1, 0.15) is 33.6 Å². The van der Waals surface area contributed by atoms with Gasteiger partial charge in [0.15, 0.2) is 5.01 Å². The molecule has 1 aliphatic heterocycles. The second kappa shape index (κ2) is 5.16. The number of halogens is 1. The zero-order valence-corrected chi connectivity index (χ0v) is 11.7. The third-order valence-electron chi connectivity index (χ3n) is 2.48. The van der Waals surface area contributed by atoms with E-state index >= 15 is 0 Å². The zero-order valence-electron chi connectivity index (χ0n) is 10.2. The van der Waals surface area contributed by atoms with E-state index in [-0.39, 0.29) is 23.8 Å². The van der Waals surface area contributed by atoms with Gasteiger partial charge in [0, 0.05) is 19.8 Å². The highest BCUT2D eigenvalue weighted by Gasteiger charge is 2.38. The Balaban J connectivity index is 2.63. The molecule has 0 aromatic rings. The number of hydrogen-bond acceptors (Lipinski definition) is 4. The third kappa shape index (κ3) is 4.11. The van der Waals surface area contributed by atoms with Crippen molar-refractivity contribution in [1.82, 2.24) is 4.90 Å². The SMILES string of the molecule is CC(=O)OC(Br)CN1C(=O)CC(C)(C)CC1=O. The van der Waals surface area contributed by atoms with Gasteiger partial charge in [0.1, 0.15) is 0 Å². The van der Waals surface area contributed by atoms with E-state index in [1.54, 1.807) is 0 Å². The topological polar surface area (TPSA) is 63.7 Å². The average molecular weight is 306 g/mol. The van der Waals surface area contributed by atoms with Gasteiger partial charge >= 0.3 is 5.97 Å². The van der Waals surface area contributed by atoms with Crippen LogP contribution in [0.3, 0.4) is 0 Å². The maximum Gasteiger partial charge on any atom is 0.303 e. The van der Waals surface area contributed by atoms with Crippen LogP contribution in [0.4, 0.5) is 0 Å². The molecule has 5 nitrogen and oxygen atoms in total. The molecule has 0 aromatic carbocycles. The van der Waals surface area contributed by atoms with Crippen LogP contribution in [0.15, 0.2) is 0 Å². The number of piperidine rings is 1. The lowest BCUT2D eigenvalue weighted by atomic mass is 9.82. The molecule has 1 heterocycles. The first kappa shape index (κ1) is 14.2. The lowest BCUT2D eigenvalue weighted by molar-refractivity contribution is -0.156. The summed E-state index contributed by atoms with van der Waals surface area (Å²) in [6, 6.07) is 0. The Bertz CT molecular complexity index is 333. The molecule has 0 bridgehead atoms. The van der Waals surface area contributed by atoms with E-state index in [4.69, 9.17) is 4.74 Å². The summed E-state index contributed by atoms with van der Waals surface area (Å²) < 4.78 is 4.83. The molecule has 1 aliphatic rings. The van der Waals surface area contributed by atoms with Crippen LogP contribution < -0.4 is 0 Å². The quantitative estimate of drug-likeness (QED) is 0.450. The lowest BCUT2D eigenvalue weighted by Crippen LogP contribution is -2.48. The standard InChI is InChI=1S/C11H16BrNO4/c1-7(14)17-8(12)6-13-9(15)4-11(2,3)5-10(13)16/h8H,4-6H2,1-3H3. The van der Waals surface area contributed by atoms with Gasteiger partial charge in [-0.3, -0.25) is 19.3 Å². The van der Waals surface area contributed by atoms with E-state index in [1.165, 1.54) is 6.92 Å². The number of imide groups is 1. The molecule has 0 aliphatic carbocycles. The number of carbonyl (C=O) groups excluding carboxylic acids is 3. The number of carbonyl (C=O) groups is 3. The van der Waals surface area contributed by atoms with Crippen LogP contribution >= 0.6 is 15.9 Å². The summed E-state index contributed by atoms with van der Waals surface area (Å²) in [4.78, 5) is 35.4. The molecule has 1 fully saturated rings. The van der Waals surface area contributed by atoms with E-state index in [2.05, 4.69) is 15.9 Å². The predicted molar refractivity (Wildman–Crippen MR) is 64.2 cm³/mol. The van der Waals surface area contributed by atoms with Crippen LogP contribution in [-0.4, -0.2) is 34.2 Å². The Hall–Kier alpha value is -0.910. The number of alkyl halides is 1. The highest BCUT2D eigenvalue weighted by Crippen LogP contribution is 2.31. The van der Waals surface area contributed by atoms with Gasteiger partial charge < -0.3 is 4.74 Å². The summed E-state index contributed by atoms with van der Waals surface area (Å²) >= 11 is 3.11. The van der Waals surface area contributed by atoms with Crippen LogP contribution in [0, 0.1) is 5.41 Å². The Labute approximate surface area is 109 Å². The van der Waals surface area contributed by atoms with Gasteiger partial charge in [0.25, 0.3) is 0 Å². The molecule has 0 saturated carbocycles. The molecule has 1 saturated heterocycles. The summed E-state index contributed by atoms with van der Waals surface area (Å²) in [6.45, 7) is 5.11. The van der Waals surface area contributed by atoms with Crippen molar-refractivity contribution in [1.29, 1.82) is 0 Å². The van der Waals surface area contributed by atoms with Crippen LogP contribution in [-0.2, 0) is 19.1 Å². The molecular weight excluding hydrogens is 290 g/mol. The molecular formula is C11H16BrNO4. The minimum atomic E-state index is -0.644. The van der Waals surface area contributed by atoms with Gasteiger partial charge in [-0.05, 0) is 21.3 Å². The molecule has 2 amide bonds. The summed E-state index contributed by atoms with van der Waals surface area (Å²) in [5.41, 5.74) is -0.284. The fourth-order valence-corrected chi connectivity index (χ4v) is 2.33. The Morgan fingerprint density at radius 3 is 2.29 bits per heavy atom. The molecule has 0 aromatic heterocycles. The maximum atomic E-state index is 11.8. The van der Waals surface area contributed by atoms with Crippen molar-refractivity contribution in [3.63, 3.8) is 0 Å². The number of hydrogen-bond donors (Lipinski definition) is 0. The van der Waals surface area contributed by atoms with Gasteiger partial charge in [-0.2, -0.15) is 0 Å². The predicted octanol–water partition coefficient (Wildman–Crippen LogP) is 1.45. The molecule has 1 unspecified atom stereocenters. The summed E-state index contributed by atoms with van der Waals surface area (Å²) in [6.07, 6.45) is 0.664. The van der Waals surface area contributed by atoms with Crippen molar-refractivity contribution in [3.8, 4) is 0 Å². The second-order valence-electron chi connectivity index (χ2n) is 4.94. The van der Waals surface area contributed by atoms with Crippen molar-refractivity contribution in [2.24, 2.45) is 5.41 Å². The van der Waals surface area contributed by atoms with Gasteiger partial charge in [0.05, 0.1) is 6.54 Å². The van der Waals surface area contributed by atoms with E-state index in [0.717, 1.165) is 4.90 Å². The monoisotopic (exact) mass is 305 g/mol. The molecule has 1 atom stereocenters. The molecule has 6 heteroatoms. The van der Waals surface area contributed by atoms with Crippen molar-refractivity contribution in [2.45, 2.75) is 38.6 Å². The fourth-order valence-electron chi connectivity index (χ4n) is 1.78. The van der Waals surface area contributed by atoms with E-state index in [9.17, 15) is 14.4 Å². The molecule has 0 spiro atoms. The molecule has 0 N–H and O–H groups in total. The third-order valence-corrected chi connectivity index (χ3v) is 2.96. The minimum absolute atomic E-state index is 0.0628. The number of esters is 1. The van der Waals surface area contributed by atoms with E-state index < -0.39 is 11.0 Å². The largest absolute Gasteiger partial charge is 0.449 e. The fraction of sp³-hybridized carbons (Fsp3) is 0.727. The molecule has 96 valence electrons. The number of rotatable bonds is 3. The van der Waals surface area contributed by atoms with E-state index in [0.29, 0.717) is 12.8 Å². The minimum Gasteiger partial charge on any atom is -0.449 e. The summed E-state index contributed by atoms with van der Waals surface area (Å²) in [5, 5.41) is -0.644. The number of likely N-dealkylation sites (tertiary alicyclic amines) is 1. The zero-order chi connectivity index (χ0) is 13.2. The highest BCUT2D eigenvalue weighted by atomic mass is 79.9. The van der Waals surface area contributed by atoms with Crippen molar-refractivity contribution < 1.29 is 19.1 Å². The van der Waals surface area contributed by atoms with E-state index in [1.807, 2.05) is 13.8 Å². The summed E-state index contributed by atoms with van der Waals surface area (Å²) in [7, 11) is 0. The molecule has 1 rings (SSSR count). The average Bonchev–Trinajstić information content (AvgIpc) is 2.08. The van der Waals surface area contributed by atoms with Crippen LogP contribution in [0.5, 0.6) is 0 Å². The second-order valence-corrected chi connectivity index (χ2v) is 5.96. The first-order valence-corrected chi connectivity index (χ1v) is 6.27. The normalized spacial score (nSPS) is 21.3. The van der Waals surface area contributed by atoms with Crippen LogP contribution in [0.25, 0.3) is 0 Å². The van der Waals surface area contributed by atoms with Gasteiger partial charge in [-0.1, -0.05) is 13.8 Å². The lowest BCUT2D eigenvalue weighted by Gasteiger charge is -2.35. The van der Waals surface area contributed by atoms with Crippen LogP contribution in [0.2, 0.25) is 0 Å².